The van der Waals surface area contributed by atoms with Crippen molar-refractivity contribution in [1.29, 1.82) is 5.26 Å². The van der Waals surface area contributed by atoms with Crippen LogP contribution in [0.2, 0.25) is 0 Å². The summed E-state index contributed by atoms with van der Waals surface area (Å²) in [5.74, 6) is 1.41. The van der Waals surface area contributed by atoms with E-state index in [1.807, 2.05) is 6.07 Å². The van der Waals surface area contributed by atoms with Crippen LogP contribution in [-0.2, 0) is 0 Å². The second kappa shape index (κ2) is 4.37. The number of nitriles is 1. The van der Waals surface area contributed by atoms with Crippen molar-refractivity contribution >= 4 is 11.5 Å². The zero-order valence-corrected chi connectivity index (χ0v) is 9.38. The Hall–Kier alpha value is -2.16. The molecule has 0 amide bonds. The van der Waals surface area contributed by atoms with E-state index >= 15 is 0 Å². The second-order valence-electron chi connectivity index (χ2n) is 4.28. The Labute approximate surface area is 98.4 Å². The molecule has 1 aliphatic rings. The van der Waals surface area contributed by atoms with Crippen molar-refractivity contribution in [3.05, 3.63) is 27.9 Å². The minimum absolute atomic E-state index is 0.0383. The lowest BCUT2D eigenvalue weighted by molar-refractivity contribution is -0.384. The Morgan fingerprint density at radius 3 is 3.00 bits per heavy atom. The van der Waals surface area contributed by atoms with E-state index in [9.17, 15) is 10.1 Å². The molecule has 1 fully saturated rings. The van der Waals surface area contributed by atoms with Crippen LogP contribution in [0, 0.1) is 33.3 Å². The molecule has 1 aromatic rings. The molecule has 6 heteroatoms. The number of anilines is 1. The lowest BCUT2D eigenvalue weighted by Crippen LogP contribution is -2.09. The van der Waals surface area contributed by atoms with E-state index in [1.165, 1.54) is 12.3 Å². The molecule has 17 heavy (non-hydrogen) atoms. The number of aromatic nitrogens is 1. The SMILES string of the molecule is CC1CC1CNc1nccc(C#N)c1[N+](=O)[O-]. The van der Waals surface area contributed by atoms with Crippen LogP contribution < -0.4 is 5.32 Å². The van der Waals surface area contributed by atoms with Crippen molar-refractivity contribution in [2.75, 3.05) is 11.9 Å². The van der Waals surface area contributed by atoms with Gasteiger partial charge in [0.2, 0.25) is 5.82 Å². The van der Waals surface area contributed by atoms with Gasteiger partial charge < -0.3 is 5.32 Å². The van der Waals surface area contributed by atoms with Crippen molar-refractivity contribution in [2.24, 2.45) is 11.8 Å². The maximum absolute atomic E-state index is 10.9. The summed E-state index contributed by atoms with van der Waals surface area (Å²) in [7, 11) is 0. The fraction of sp³-hybridized carbons (Fsp3) is 0.455. The van der Waals surface area contributed by atoms with Gasteiger partial charge in [0.15, 0.2) is 0 Å². The number of nitrogens with zero attached hydrogens (tertiary/aromatic N) is 3. The van der Waals surface area contributed by atoms with Crippen molar-refractivity contribution in [3.63, 3.8) is 0 Å². The Morgan fingerprint density at radius 2 is 2.47 bits per heavy atom. The van der Waals surface area contributed by atoms with E-state index in [2.05, 4.69) is 17.2 Å². The van der Waals surface area contributed by atoms with Crippen LogP contribution in [0.5, 0.6) is 0 Å². The first kappa shape index (κ1) is 11.3. The van der Waals surface area contributed by atoms with Crippen LogP contribution in [0.25, 0.3) is 0 Å². The van der Waals surface area contributed by atoms with Crippen molar-refractivity contribution < 1.29 is 4.92 Å². The largest absolute Gasteiger partial charge is 0.364 e. The summed E-state index contributed by atoms with van der Waals surface area (Å²) in [6.07, 6.45) is 2.54. The average molecular weight is 232 g/mol. The smallest absolute Gasteiger partial charge is 0.328 e. The summed E-state index contributed by atoms with van der Waals surface area (Å²) in [5, 5.41) is 22.7. The number of nitrogens with one attached hydrogen (secondary N) is 1. The fourth-order valence-corrected chi connectivity index (χ4v) is 1.77. The average Bonchev–Trinajstić information content (AvgIpc) is 3.01. The van der Waals surface area contributed by atoms with Crippen LogP contribution in [0.15, 0.2) is 12.3 Å². The molecule has 0 saturated heterocycles. The van der Waals surface area contributed by atoms with E-state index in [4.69, 9.17) is 5.26 Å². The standard InChI is InChI=1S/C11H12N4O2/c1-7-4-9(7)6-14-11-10(15(16)17)8(5-12)2-3-13-11/h2-3,7,9H,4,6H2,1H3,(H,13,14). The third-order valence-electron chi connectivity index (χ3n) is 3.04. The number of hydrogen-bond acceptors (Lipinski definition) is 5. The van der Waals surface area contributed by atoms with Gasteiger partial charge in [-0.1, -0.05) is 6.92 Å². The van der Waals surface area contributed by atoms with Crippen LogP contribution in [0.3, 0.4) is 0 Å². The van der Waals surface area contributed by atoms with Gasteiger partial charge in [-0.15, -0.1) is 0 Å². The molecule has 0 aliphatic heterocycles. The molecule has 1 N–H and O–H groups in total. The van der Waals surface area contributed by atoms with Crippen LogP contribution >= 0.6 is 0 Å². The zero-order valence-electron chi connectivity index (χ0n) is 9.38. The minimum atomic E-state index is -0.565. The Kier molecular flexibility index (Phi) is 2.91. The van der Waals surface area contributed by atoms with Gasteiger partial charge >= 0.3 is 5.69 Å². The molecule has 0 radical (unpaired) electrons. The second-order valence-corrected chi connectivity index (χ2v) is 4.28. The van der Waals surface area contributed by atoms with Gasteiger partial charge in [-0.25, -0.2) is 4.98 Å². The number of nitro groups is 1. The molecular weight excluding hydrogens is 220 g/mol. The first-order valence-electron chi connectivity index (χ1n) is 5.41. The molecule has 2 atom stereocenters. The molecule has 0 aromatic carbocycles. The highest BCUT2D eigenvalue weighted by Gasteiger charge is 2.33. The molecule has 2 unspecified atom stereocenters. The summed E-state index contributed by atoms with van der Waals surface area (Å²) >= 11 is 0. The number of pyridine rings is 1. The van der Waals surface area contributed by atoms with E-state index in [1.54, 1.807) is 0 Å². The van der Waals surface area contributed by atoms with E-state index < -0.39 is 4.92 Å². The Bertz CT molecular complexity index is 495. The third-order valence-corrected chi connectivity index (χ3v) is 3.04. The molecule has 6 nitrogen and oxygen atoms in total. The first-order valence-corrected chi connectivity index (χ1v) is 5.41. The minimum Gasteiger partial charge on any atom is -0.364 e. The summed E-state index contributed by atoms with van der Waals surface area (Å²) in [4.78, 5) is 14.3. The summed E-state index contributed by atoms with van der Waals surface area (Å²) in [6.45, 7) is 2.81. The van der Waals surface area contributed by atoms with Crippen molar-refractivity contribution in [1.82, 2.24) is 4.98 Å². The monoisotopic (exact) mass is 232 g/mol. The van der Waals surface area contributed by atoms with E-state index in [0.717, 1.165) is 6.42 Å². The van der Waals surface area contributed by atoms with Gasteiger partial charge in [-0.3, -0.25) is 10.1 Å². The van der Waals surface area contributed by atoms with Gasteiger partial charge in [0, 0.05) is 12.7 Å². The van der Waals surface area contributed by atoms with Gasteiger partial charge in [-0.05, 0) is 24.3 Å². The highest BCUT2D eigenvalue weighted by atomic mass is 16.6. The molecule has 1 aliphatic carbocycles. The van der Waals surface area contributed by atoms with E-state index in [0.29, 0.717) is 18.4 Å². The predicted molar refractivity (Wildman–Crippen MR) is 61.4 cm³/mol. The topological polar surface area (TPSA) is 91.8 Å². The number of rotatable bonds is 4. The molecule has 2 rings (SSSR count). The quantitative estimate of drug-likeness (QED) is 0.632. The molecule has 0 bridgehead atoms. The van der Waals surface area contributed by atoms with Crippen LogP contribution in [0.1, 0.15) is 18.9 Å². The maximum atomic E-state index is 10.9. The molecule has 1 heterocycles. The van der Waals surface area contributed by atoms with Gasteiger partial charge in [-0.2, -0.15) is 5.26 Å². The normalized spacial score (nSPS) is 21.6. The lowest BCUT2D eigenvalue weighted by Gasteiger charge is -2.05. The highest BCUT2D eigenvalue weighted by molar-refractivity contribution is 5.64. The van der Waals surface area contributed by atoms with Crippen LogP contribution in [-0.4, -0.2) is 16.5 Å². The molecular formula is C11H12N4O2. The number of hydrogen-bond donors (Lipinski definition) is 1. The molecule has 1 saturated carbocycles. The van der Waals surface area contributed by atoms with Gasteiger partial charge in [0.1, 0.15) is 11.6 Å². The highest BCUT2D eigenvalue weighted by Crippen LogP contribution is 2.38. The Morgan fingerprint density at radius 1 is 1.76 bits per heavy atom. The fourth-order valence-electron chi connectivity index (χ4n) is 1.77. The Balaban J connectivity index is 2.20. The zero-order chi connectivity index (χ0) is 12.4. The van der Waals surface area contributed by atoms with Crippen LogP contribution in [0.4, 0.5) is 11.5 Å². The van der Waals surface area contributed by atoms with E-state index in [-0.39, 0.29) is 17.1 Å². The lowest BCUT2D eigenvalue weighted by atomic mass is 10.2. The van der Waals surface area contributed by atoms with Gasteiger partial charge in [0.25, 0.3) is 0 Å². The summed E-state index contributed by atoms with van der Waals surface area (Å²) in [5.41, 5.74) is -0.195. The molecule has 88 valence electrons. The van der Waals surface area contributed by atoms with Gasteiger partial charge in [0.05, 0.1) is 4.92 Å². The first-order chi connectivity index (χ1) is 8.13. The van der Waals surface area contributed by atoms with Crippen molar-refractivity contribution in [2.45, 2.75) is 13.3 Å². The summed E-state index contributed by atoms with van der Waals surface area (Å²) in [6, 6.07) is 3.16. The third kappa shape index (κ3) is 2.33. The van der Waals surface area contributed by atoms with Crippen molar-refractivity contribution in [3.8, 4) is 6.07 Å². The molecule has 0 spiro atoms. The summed E-state index contributed by atoms with van der Waals surface area (Å²) < 4.78 is 0. The predicted octanol–water partition coefficient (Wildman–Crippen LogP) is 1.93. The maximum Gasteiger partial charge on any atom is 0.328 e. The molecule has 1 aromatic heterocycles.